The maximum atomic E-state index is 12.8. The molecule has 1 atom stereocenters. The molecule has 1 fully saturated rings. The summed E-state index contributed by atoms with van der Waals surface area (Å²) < 4.78 is 6.86. The second kappa shape index (κ2) is 5.38. The lowest BCUT2D eigenvalue weighted by molar-refractivity contribution is -0.377. The van der Waals surface area contributed by atoms with Crippen molar-refractivity contribution < 1.29 is 14.7 Å². The molecule has 1 saturated heterocycles. The molecular weight excluding hydrogens is 312 g/mol. The van der Waals surface area contributed by atoms with Crippen LogP contribution in [0, 0.1) is 10.4 Å². The third kappa shape index (κ3) is 2.09. The SMILES string of the molecule is O=c1c2c3c(cccc3c(O)n1CC1CCCO1)C(=[N+]([O-])[O-])C=C2. The summed E-state index contributed by atoms with van der Waals surface area (Å²) in [6.07, 6.45) is 4.47. The van der Waals surface area contributed by atoms with Crippen molar-refractivity contribution in [3.05, 3.63) is 56.2 Å². The number of benzene rings is 1. The van der Waals surface area contributed by atoms with Crippen LogP contribution in [0.3, 0.4) is 0 Å². The third-order valence-electron chi connectivity index (χ3n) is 4.60. The first-order valence-electron chi connectivity index (χ1n) is 7.78. The van der Waals surface area contributed by atoms with E-state index in [0.29, 0.717) is 28.5 Å². The Balaban J connectivity index is 1.99. The highest BCUT2D eigenvalue weighted by atomic mass is 16.8. The molecule has 2 heterocycles. The summed E-state index contributed by atoms with van der Waals surface area (Å²) in [5.41, 5.74) is 0.277. The van der Waals surface area contributed by atoms with E-state index in [2.05, 4.69) is 0 Å². The highest BCUT2D eigenvalue weighted by Gasteiger charge is 2.26. The first kappa shape index (κ1) is 14.8. The standard InChI is InChI=1S/C17H15N2O5/c20-16-12-5-1-4-11-14(19(22)23)7-6-13(15(11)12)17(21)18(16)9-10-3-2-8-24-10/h1,4-7,10H,2-3,8-9H2,(H-,20,21,22,23)/q-1. The molecule has 7 heteroatoms. The molecule has 0 saturated carbocycles. The second-order valence-electron chi connectivity index (χ2n) is 5.99. The molecule has 1 aliphatic carbocycles. The summed E-state index contributed by atoms with van der Waals surface area (Å²) in [4.78, 5) is 12.3. The van der Waals surface area contributed by atoms with Crippen LogP contribution in [-0.4, -0.2) is 33.0 Å². The molecule has 2 aromatic rings. The van der Waals surface area contributed by atoms with Gasteiger partial charge in [0, 0.05) is 29.0 Å². The Bertz CT molecular complexity index is 948. The van der Waals surface area contributed by atoms with Crippen molar-refractivity contribution in [2.45, 2.75) is 25.5 Å². The van der Waals surface area contributed by atoms with Crippen LogP contribution in [0.4, 0.5) is 0 Å². The molecule has 0 bridgehead atoms. The van der Waals surface area contributed by atoms with Crippen LogP contribution in [0.15, 0.2) is 29.1 Å². The van der Waals surface area contributed by atoms with Crippen molar-refractivity contribution in [2.75, 3.05) is 6.61 Å². The number of rotatable bonds is 2. The normalized spacial score (nSPS) is 19.2. The number of ether oxygens (including phenoxy) is 1. The van der Waals surface area contributed by atoms with E-state index in [1.54, 1.807) is 18.2 Å². The molecule has 0 amide bonds. The van der Waals surface area contributed by atoms with Gasteiger partial charge in [-0.2, -0.15) is 4.90 Å². The second-order valence-corrected chi connectivity index (χ2v) is 5.99. The predicted molar refractivity (Wildman–Crippen MR) is 89.0 cm³/mol. The van der Waals surface area contributed by atoms with Gasteiger partial charge in [0.05, 0.1) is 18.2 Å². The van der Waals surface area contributed by atoms with E-state index in [0.717, 1.165) is 12.8 Å². The number of nitrogens with zero attached hydrogens (tertiary/aromatic N) is 2. The van der Waals surface area contributed by atoms with Crippen LogP contribution >= 0.6 is 0 Å². The lowest BCUT2D eigenvalue weighted by atomic mass is 9.93. The van der Waals surface area contributed by atoms with Gasteiger partial charge in [-0.05, 0) is 31.1 Å². The Morgan fingerprint density at radius 3 is 2.88 bits per heavy atom. The average Bonchev–Trinajstić information content (AvgIpc) is 3.09. The van der Waals surface area contributed by atoms with Gasteiger partial charge in [-0.1, -0.05) is 6.07 Å². The van der Waals surface area contributed by atoms with Crippen molar-refractivity contribution in [3.8, 4) is 5.88 Å². The van der Waals surface area contributed by atoms with Gasteiger partial charge < -0.3 is 20.3 Å². The molecule has 0 radical (unpaired) electrons. The number of aromatic nitrogens is 1. The van der Waals surface area contributed by atoms with E-state index < -0.39 is 4.90 Å². The van der Waals surface area contributed by atoms with Crippen LogP contribution < -0.4 is 5.56 Å². The van der Waals surface area contributed by atoms with E-state index >= 15 is 0 Å². The van der Waals surface area contributed by atoms with Gasteiger partial charge in [0.25, 0.3) is 5.56 Å². The quantitative estimate of drug-likeness (QED) is 0.668. The lowest BCUT2D eigenvalue weighted by Gasteiger charge is -2.20. The third-order valence-corrected chi connectivity index (χ3v) is 4.60. The maximum absolute atomic E-state index is 12.8. The minimum atomic E-state index is -0.483. The van der Waals surface area contributed by atoms with Crippen LogP contribution in [0.5, 0.6) is 5.88 Å². The smallest absolute Gasteiger partial charge is 0.261 e. The molecule has 124 valence electrons. The van der Waals surface area contributed by atoms with Crippen molar-refractivity contribution in [1.82, 2.24) is 4.57 Å². The van der Waals surface area contributed by atoms with Crippen LogP contribution in [0.25, 0.3) is 16.8 Å². The number of pyridine rings is 1. The Hall–Kier alpha value is -2.80. The topological polar surface area (TPSA) is 101 Å². The van der Waals surface area contributed by atoms with Gasteiger partial charge in [-0.15, -0.1) is 0 Å². The number of hydrogen-bond donors (Lipinski definition) is 1. The Labute approximate surface area is 136 Å². The molecule has 4 rings (SSSR count). The fraction of sp³-hybridized carbons (Fsp3) is 0.294. The van der Waals surface area contributed by atoms with Gasteiger partial charge in [0.1, 0.15) is 0 Å². The highest BCUT2D eigenvalue weighted by Crippen LogP contribution is 2.32. The minimum absolute atomic E-state index is 0.0798. The fourth-order valence-electron chi connectivity index (χ4n) is 3.46. The highest BCUT2D eigenvalue weighted by molar-refractivity contribution is 6.20. The van der Waals surface area contributed by atoms with E-state index in [-0.39, 0.29) is 29.8 Å². The van der Waals surface area contributed by atoms with Gasteiger partial charge >= 0.3 is 0 Å². The summed E-state index contributed by atoms with van der Waals surface area (Å²) >= 11 is 0. The van der Waals surface area contributed by atoms with Crippen LogP contribution in [0.1, 0.15) is 24.0 Å². The molecule has 2 aliphatic rings. The lowest BCUT2D eigenvalue weighted by Crippen LogP contribution is -2.29. The van der Waals surface area contributed by atoms with E-state index in [9.17, 15) is 20.3 Å². The zero-order valence-electron chi connectivity index (χ0n) is 12.8. The molecular formula is C17H15N2O5-. The zero-order chi connectivity index (χ0) is 16.8. The Kier molecular flexibility index (Phi) is 3.31. The minimum Gasteiger partial charge on any atom is -0.612 e. The monoisotopic (exact) mass is 327 g/mol. The summed E-state index contributed by atoms with van der Waals surface area (Å²) in [7, 11) is 0. The summed E-state index contributed by atoms with van der Waals surface area (Å²) in [6.45, 7) is 0.934. The molecule has 1 unspecified atom stereocenters. The number of hydrogen-bond acceptors (Lipinski definition) is 5. The van der Waals surface area contributed by atoms with Gasteiger partial charge in [0.2, 0.25) is 11.6 Å². The fourth-order valence-corrected chi connectivity index (χ4v) is 3.46. The molecule has 1 aromatic heterocycles. The summed E-state index contributed by atoms with van der Waals surface area (Å²) in [6, 6.07) is 4.90. The van der Waals surface area contributed by atoms with Crippen molar-refractivity contribution in [1.29, 1.82) is 0 Å². The first-order chi connectivity index (χ1) is 11.6. The molecule has 24 heavy (non-hydrogen) atoms. The van der Waals surface area contributed by atoms with Crippen LogP contribution in [-0.2, 0) is 11.3 Å². The average molecular weight is 327 g/mol. The molecule has 1 aromatic carbocycles. The summed E-state index contributed by atoms with van der Waals surface area (Å²) in [5.74, 6) is -0.172. The van der Waals surface area contributed by atoms with Crippen LogP contribution in [0.2, 0.25) is 0 Å². The predicted octanol–water partition coefficient (Wildman–Crippen LogP) is 1.71. The van der Waals surface area contributed by atoms with Gasteiger partial charge in [-0.25, -0.2) is 0 Å². The van der Waals surface area contributed by atoms with Crippen molar-refractivity contribution >= 4 is 22.6 Å². The largest absolute Gasteiger partial charge is 0.612 e. The van der Waals surface area contributed by atoms with E-state index in [1.165, 1.54) is 16.7 Å². The summed E-state index contributed by atoms with van der Waals surface area (Å²) in [5, 5.41) is 33.9. The molecule has 1 aliphatic heterocycles. The van der Waals surface area contributed by atoms with E-state index in [1.807, 2.05) is 0 Å². The maximum Gasteiger partial charge on any atom is 0.261 e. The zero-order valence-corrected chi connectivity index (χ0v) is 12.8. The first-order valence-corrected chi connectivity index (χ1v) is 7.78. The van der Waals surface area contributed by atoms with Gasteiger partial charge in [0.15, 0.2) is 0 Å². The molecule has 0 spiro atoms. The number of allylic oxidation sites excluding steroid dienone is 1. The van der Waals surface area contributed by atoms with E-state index in [4.69, 9.17) is 4.74 Å². The molecule has 1 N–H and O–H groups in total. The Morgan fingerprint density at radius 1 is 1.33 bits per heavy atom. The van der Waals surface area contributed by atoms with Crippen molar-refractivity contribution in [2.24, 2.45) is 0 Å². The van der Waals surface area contributed by atoms with Crippen molar-refractivity contribution in [3.63, 3.8) is 0 Å². The van der Waals surface area contributed by atoms with Gasteiger partial charge in [-0.3, -0.25) is 9.36 Å². The Morgan fingerprint density at radius 2 is 2.17 bits per heavy atom. The number of aromatic hydroxyl groups is 1. The molecule has 7 nitrogen and oxygen atoms in total.